The summed E-state index contributed by atoms with van der Waals surface area (Å²) in [5, 5.41) is 7.11. The van der Waals surface area contributed by atoms with Gasteiger partial charge in [0, 0.05) is 23.2 Å². The van der Waals surface area contributed by atoms with Gasteiger partial charge in [-0.05, 0) is 49.2 Å². The Hall–Kier alpha value is -1.87. The van der Waals surface area contributed by atoms with E-state index < -0.39 is 0 Å². The van der Waals surface area contributed by atoms with E-state index in [1.54, 1.807) is 12.1 Å². The topological polar surface area (TPSA) is 24.1 Å². The number of hydrogen-bond donors (Lipinski definition) is 2. The molecular formula is C18H19FN2. The highest BCUT2D eigenvalue weighted by molar-refractivity contribution is 5.78. The Balaban J connectivity index is 1.85. The van der Waals surface area contributed by atoms with E-state index in [9.17, 15) is 4.39 Å². The molecule has 0 saturated carbocycles. The first-order chi connectivity index (χ1) is 10.3. The van der Waals surface area contributed by atoms with Crippen LogP contribution in [0.1, 0.15) is 24.3 Å². The molecule has 2 nitrogen and oxygen atoms in total. The molecule has 21 heavy (non-hydrogen) atoms. The predicted octanol–water partition coefficient (Wildman–Crippen LogP) is 3.75. The van der Waals surface area contributed by atoms with Crippen LogP contribution in [0.4, 0.5) is 10.1 Å². The Bertz CT molecular complexity index is 668. The Morgan fingerprint density at radius 2 is 1.71 bits per heavy atom. The van der Waals surface area contributed by atoms with E-state index in [2.05, 4.69) is 22.8 Å². The van der Waals surface area contributed by atoms with Gasteiger partial charge in [0.05, 0.1) is 0 Å². The van der Waals surface area contributed by atoms with Crippen LogP contribution in [0, 0.1) is 5.82 Å². The quantitative estimate of drug-likeness (QED) is 0.832. The van der Waals surface area contributed by atoms with Gasteiger partial charge in [0.2, 0.25) is 0 Å². The molecule has 2 aliphatic heterocycles. The van der Waals surface area contributed by atoms with Crippen LogP contribution in [0.15, 0.2) is 42.5 Å². The maximum absolute atomic E-state index is 14.2. The molecule has 1 saturated heterocycles. The Morgan fingerprint density at radius 3 is 2.62 bits per heavy atom. The minimum atomic E-state index is -0.138. The van der Waals surface area contributed by atoms with Gasteiger partial charge in [0.1, 0.15) is 5.82 Å². The van der Waals surface area contributed by atoms with Gasteiger partial charge in [0.15, 0.2) is 0 Å². The van der Waals surface area contributed by atoms with Crippen LogP contribution >= 0.6 is 0 Å². The van der Waals surface area contributed by atoms with Crippen molar-refractivity contribution in [2.45, 2.75) is 24.8 Å². The van der Waals surface area contributed by atoms with Crippen LogP contribution < -0.4 is 10.6 Å². The zero-order chi connectivity index (χ0) is 14.2. The zero-order valence-corrected chi connectivity index (χ0v) is 11.9. The lowest BCUT2D eigenvalue weighted by molar-refractivity contribution is 0.578. The van der Waals surface area contributed by atoms with Crippen molar-refractivity contribution >= 4 is 5.69 Å². The monoisotopic (exact) mass is 282 g/mol. The van der Waals surface area contributed by atoms with Gasteiger partial charge in [-0.15, -0.1) is 0 Å². The molecule has 2 aromatic carbocycles. The largest absolute Gasteiger partial charge is 0.381 e. The summed E-state index contributed by atoms with van der Waals surface area (Å²) in [5.74, 6) is 0.340. The SMILES string of the molecule is Fc1ccccc1-c1cccc2c1[C@@H]1CCNCC[C@H]1N2. The van der Waals surface area contributed by atoms with Crippen LogP contribution in [0.25, 0.3) is 11.1 Å². The van der Waals surface area contributed by atoms with Crippen molar-refractivity contribution in [1.29, 1.82) is 0 Å². The molecule has 0 radical (unpaired) electrons. The van der Waals surface area contributed by atoms with Gasteiger partial charge in [-0.25, -0.2) is 4.39 Å². The zero-order valence-electron chi connectivity index (χ0n) is 11.9. The van der Waals surface area contributed by atoms with Crippen molar-refractivity contribution < 1.29 is 4.39 Å². The van der Waals surface area contributed by atoms with Crippen molar-refractivity contribution in [2.75, 3.05) is 18.4 Å². The number of anilines is 1. The number of nitrogens with one attached hydrogen (secondary N) is 2. The van der Waals surface area contributed by atoms with Crippen LogP contribution in [0.5, 0.6) is 0 Å². The van der Waals surface area contributed by atoms with Crippen LogP contribution in [0.3, 0.4) is 0 Å². The number of hydrogen-bond acceptors (Lipinski definition) is 2. The fourth-order valence-corrected chi connectivity index (χ4v) is 3.77. The molecule has 0 aliphatic carbocycles. The van der Waals surface area contributed by atoms with E-state index in [0.29, 0.717) is 17.5 Å². The van der Waals surface area contributed by atoms with E-state index in [1.807, 2.05) is 18.2 Å². The summed E-state index contributed by atoms with van der Waals surface area (Å²) in [6.45, 7) is 2.09. The van der Waals surface area contributed by atoms with Crippen LogP contribution in [0.2, 0.25) is 0 Å². The summed E-state index contributed by atoms with van der Waals surface area (Å²) >= 11 is 0. The van der Waals surface area contributed by atoms with Gasteiger partial charge in [0.25, 0.3) is 0 Å². The summed E-state index contributed by atoms with van der Waals surface area (Å²) in [7, 11) is 0. The Labute approximate surface area is 124 Å². The minimum absolute atomic E-state index is 0.138. The fourth-order valence-electron chi connectivity index (χ4n) is 3.77. The number of halogens is 1. The molecule has 108 valence electrons. The molecule has 2 aliphatic rings. The first kappa shape index (κ1) is 12.8. The van der Waals surface area contributed by atoms with Crippen molar-refractivity contribution in [1.82, 2.24) is 5.32 Å². The molecule has 0 amide bonds. The molecule has 4 rings (SSSR count). The lowest BCUT2D eigenvalue weighted by atomic mass is 9.86. The molecule has 0 spiro atoms. The average Bonchev–Trinajstić information content (AvgIpc) is 2.70. The molecule has 2 heterocycles. The van der Waals surface area contributed by atoms with Gasteiger partial charge in [-0.1, -0.05) is 30.3 Å². The van der Waals surface area contributed by atoms with E-state index >= 15 is 0 Å². The second-order valence-electron chi connectivity index (χ2n) is 5.93. The summed E-state index contributed by atoms with van der Waals surface area (Å²) in [6.07, 6.45) is 2.23. The molecule has 3 heteroatoms. The van der Waals surface area contributed by atoms with E-state index in [4.69, 9.17) is 0 Å². The van der Waals surface area contributed by atoms with E-state index in [-0.39, 0.29) is 5.82 Å². The average molecular weight is 282 g/mol. The van der Waals surface area contributed by atoms with E-state index in [1.165, 1.54) is 11.3 Å². The first-order valence-corrected chi connectivity index (χ1v) is 7.69. The van der Waals surface area contributed by atoms with Crippen molar-refractivity contribution in [2.24, 2.45) is 0 Å². The molecule has 0 bridgehead atoms. The molecule has 2 N–H and O–H groups in total. The van der Waals surface area contributed by atoms with Crippen molar-refractivity contribution in [3.8, 4) is 11.1 Å². The predicted molar refractivity (Wildman–Crippen MR) is 84.1 cm³/mol. The molecule has 0 aromatic heterocycles. The van der Waals surface area contributed by atoms with Gasteiger partial charge in [-0.2, -0.15) is 0 Å². The second-order valence-corrected chi connectivity index (χ2v) is 5.93. The molecule has 0 unspecified atom stereocenters. The van der Waals surface area contributed by atoms with Crippen LogP contribution in [-0.2, 0) is 0 Å². The van der Waals surface area contributed by atoms with Gasteiger partial charge in [-0.3, -0.25) is 0 Å². The lowest BCUT2D eigenvalue weighted by Gasteiger charge is -2.18. The third-order valence-electron chi connectivity index (χ3n) is 4.73. The second kappa shape index (κ2) is 5.15. The van der Waals surface area contributed by atoms with Crippen LogP contribution in [-0.4, -0.2) is 19.1 Å². The third kappa shape index (κ3) is 2.12. The highest BCUT2D eigenvalue weighted by Gasteiger charge is 2.34. The smallest absolute Gasteiger partial charge is 0.131 e. The number of rotatable bonds is 1. The maximum Gasteiger partial charge on any atom is 0.131 e. The molecule has 1 fully saturated rings. The van der Waals surface area contributed by atoms with E-state index in [0.717, 1.165) is 31.5 Å². The highest BCUT2D eigenvalue weighted by Crippen LogP contribution is 2.45. The normalized spacial score (nSPS) is 23.9. The Kier molecular flexibility index (Phi) is 3.15. The standard InChI is InChI=1S/C18H19FN2/c19-15-6-2-1-4-12(15)13-5-3-7-17-18(13)14-8-10-20-11-9-16(14)21-17/h1-7,14,16,20-21H,8-11H2/t14-,16-/m1/s1. The Morgan fingerprint density at radius 1 is 0.905 bits per heavy atom. The summed E-state index contributed by atoms with van der Waals surface area (Å²) < 4.78 is 14.2. The summed E-state index contributed by atoms with van der Waals surface area (Å²) in [5.41, 5.74) is 4.26. The third-order valence-corrected chi connectivity index (χ3v) is 4.73. The first-order valence-electron chi connectivity index (χ1n) is 7.69. The van der Waals surface area contributed by atoms with Gasteiger partial charge >= 0.3 is 0 Å². The van der Waals surface area contributed by atoms with Crippen molar-refractivity contribution in [3.63, 3.8) is 0 Å². The summed E-state index contributed by atoms with van der Waals surface area (Å²) in [6, 6.07) is 13.8. The lowest BCUT2D eigenvalue weighted by Crippen LogP contribution is -2.21. The number of benzene rings is 2. The highest BCUT2D eigenvalue weighted by atomic mass is 19.1. The molecule has 2 aromatic rings. The molecular weight excluding hydrogens is 263 g/mol. The summed E-state index contributed by atoms with van der Waals surface area (Å²) in [4.78, 5) is 0. The molecule has 2 atom stereocenters. The fraction of sp³-hybridized carbons (Fsp3) is 0.333. The minimum Gasteiger partial charge on any atom is -0.381 e. The van der Waals surface area contributed by atoms with Gasteiger partial charge < -0.3 is 10.6 Å². The number of fused-ring (bicyclic) bond motifs is 3. The maximum atomic E-state index is 14.2. The van der Waals surface area contributed by atoms with Crippen molar-refractivity contribution in [3.05, 3.63) is 53.8 Å².